The van der Waals surface area contributed by atoms with Gasteiger partial charge < -0.3 is 9.47 Å². The normalized spacial score (nSPS) is 11.7. The Morgan fingerprint density at radius 3 is 2.39 bits per heavy atom. The van der Waals surface area contributed by atoms with Gasteiger partial charge >= 0.3 is 11.9 Å². The van der Waals surface area contributed by atoms with Gasteiger partial charge in [0.25, 0.3) is 0 Å². The first-order valence-electron chi connectivity index (χ1n) is 7.46. The second-order valence-corrected chi connectivity index (χ2v) is 5.64. The van der Waals surface area contributed by atoms with Gasteiger partial charge in [-0.25, -0.2) is 9.59 Å². The van der Waals surface area contributed by atoms with E-state index in [-0.39, 0.29) is 25.1 Å². The van der Waals surface area contributed by atoms with Crippen molar-refractivity contribution in [2.75, 3.05) is 13.2 Å². The molecule has 2 aromatic carbocycles. The summed E-state index contributed by atoms with van der Waals surface area (Å²) in [4.78, 5) is 23.4. The first-order valence-corrected chi connectivity index (χ1v) is 7.46. The fourth-order valence-corrected chi connectivity index (χ4v) is 2.01. The molecule has 0 bridgehead atoms. The molecule has 0 spiro atoms. The van der Waals surface area contributed by atoms with Crippen LogP contribution in [0.15, 0.2) is 54.6 Å². The number of hydrogen-bond donors (Lipinski definition) is 0. The summed E-state index contributed by atoms with van der Waals surface area (Å²) in [5, 5.41) is 2.06. The maximum atomic E-state index is 12.1. The Bertz CT molecular complexity index is 733. The highest BCUT2D eigenvalue weighted by atomic mass is 16.5. The topological polar surface area (TPSA) is 52.6 Å². The Labute approximate surface area is 135 Å². The lowest BCUT2D eigenvalue weighted by Crippen LogP contribution is -2.18. The van der Waals surface area contributed by atoms with Crippen molar-refractivity contribution in [3.05, 3.63) is 60.2 Å². The number of esters is 2. The Morgan fingerprint density at radius 1 is 1.04 bits per heavy atom. The third kappa shape index (κ3) is 4.68. The Morgan fingerprint density at radius 2 is 1.70 bits per heavy atom. The van der Waals surface area contributed by atoms with E-state index in [2.05, 4.69) is 6.58 Å². The summed E-state index contributed by atoms with van der Waals surface area (Å²) in [6.45, 7) is 7.33. The third-order valence-electron chi connectivity index (χ3n) is 3.33. The molecule has 0 amide bonds. The van der Waals surface area contributed by atoms with E-state index in [0.29, 0.717) is 11.1 Å². The zero-order chi connectivity index (χ0) is 16.8. The van der Waals surface area contributed by atoms with E-state index in [1.165, 1.54) is 0 Å². The van der Waals surface area contributed by atoms with Gasteiger partial charge in [-0.1, -0.05) is 43.8 Å². The van der Waals surface area contributed by atoms with Crippen LogP contribution in [0.5, 0.6) is 0 Å². The number of ether oxygens (including phenoxy) is 2. The lowest BCUT2D eigenvalue weighted by Gasteiger charge is -2.13. The van der Waals surface area contributed by atoms with E-state index in [9.17, 15) is 9.59 Å². The third-order valence-corrected chi connectivity index (χ3v) is 3.33. The summed E-state index contributed by atoms with van der Waals surface area (Å²) >= 11 is 0. The number of carbonyl (C=O) groups is 2. The molecular formula is C19H20O4. The molecule has 0 saturated heterocycles. The minimum Gasteiger partial charge on any atom is -0.462 e. The first kappa shape index (κ1) is 16.7. The van der Waals surface area contributed by atoms with E-state index in [1.54, 1.807) is 13.0 Å². The molecule has 0 aliphatic carbocycles. The molecular weight excluding hydrogens is 292 g/mol. The Hall–Kier alpha value is -2.62. The highest BCUT2D eigenvalue weighted by Crippen LogP contribution is 2.16. The summed E-state index contributed by atoms with van der Waals surface area (Å²) < 4.78 is 10.3. The van der Waals surface area contributed by atoms with Gasteiger partial charge in [0.1, 0.15) is 0 Å². The number of fused-ring (bicyclic) bond motifs is 1. The second kappa shape index (κ2) is 7.58. The average Bonchev–Trinajstić information content (AvgIpc) is 2.56. The Balaban J connectivity index is 1.88. The zero-order valence-corrected chi connectivity index (χ0v) is 13.4. The van der Waals surface area contributed by atoms with Gasteiger partial charge in [-0.05, 0) is 29.8 Å². The van der Waals surface area contributed by atoms with Gasteiger partial charge in [-0.2, -0.15) is 0 Å². The summed E-state index contributed by atoms with van der Waals surface area (Å²) in [5.74, 6) is -0.894. The smallest absolute Gasteiger partial charge is 0.338 e. The molecule has 0 aromatic heterocycles. The van der Waals surface area contributed by atoms with Crippen LogP contribution in [0.2, 0.25) is 0 Å². The molecule has 1 atom stereocenters. The maximum absolute atomic E-state index is 12.1. The highest BCUT2D eigenvalue weighted by molar-refractivity contribution is 5.95. The average molecular weight is 312 g/mol. The van der Waals surface area contributed by atoms with Crippen molar-refractivity contribution in [3.63, 3.8) is 0 Å². The van der Waals surface area contributed by atoms with Crippen molar-refractivity contribution in [3.8, 4) is 0 Å². The van der Waals surface area contributed by atoms with E-state index < -0.39 is 5.97 Å². The van der Waals surface area contributed by atoms with Crippen LogP contribution in [0.1, 0.15) is 24.2 Å². The van der Waals surface area contributed by atoms with E-state index in [0.717, 1.165) is 10.8 Å². The summed E-state index contributed by atoms with van der Waals surface area (Å²) in [7, 11) is 0. The van der Waals surface area contributed by atoms with Crippen LogP contribution in [0.25, 0.3) is 10.8 Å². The molecule has 0 saturated carbocycles. The minimum absolute atomic E-state index is 0.0808. The first-order chi connectivity index (χ1) is 11.0. The predicted molar refractivity (Wildman–Crippen MR) is 89.2 cm³/mol. The number of carbonyl (C=O) groups excluding carboxylic acids is 2. The number of hydrogen-bond acceptors (Lipinski definition) is 4. The van der Waals surface area contributed by atoms with Crippen LogP contribution in [-0.2, 0) is 14.3 Å². The molecule has 4 heteroatoms. The maximum Gasteiger partial charge on any atom is 0.338 e. The molecule has 0 heterocycles. The van der Waals surface area contributed by atoms with Gasteiger partial charge in [0, 0.05) is 11.5 Å². The zero-order valence-electron chi connectivity index (χ0n) is 13.4. The van der Waals surface area contributed by atoms with Crippen LogP contribution < -0.4 is 0 Å². The monoisotopic (exact) mass is 312 g/mol. The highest BCUT2D eigenvalue weighted by Gasteiger charge is 2.12. The summed E-state index contributed by atoms with van der Waals surface area (Å²) in [6.07, 6.45) is 0. The number of benzene rings is 2. The van der Waals surface area contributed by atoms with Gasteiger partial charge in [-0.15, -0.1) is 0 Å². The van der Waals surface area contributed by atoms with Crippen LogP contribution in [0.4, 0.5) is 0 Å². The van der Waals surface area contributed by atoms with Crippen molar-refractivity contribution in [1.82, 2.24) is 0 Å². The second-order valence-electron chi connectivity index (χ2n) is 5.64. The van der Waals surface area contributed by atoms with Gasteiger partial charge in [0.15, 0.2) is 0 Å². The van der Waals surface area contributed by atoms with Crippen molar-refractivity contribution in [1.29, 1.82) is 0 Å². The largest absolute Gasteiger partial charge is 0.462 e. The van der Waals surface area contributed by atoms with Crippen LogP contribution in [0, 0.1) is 5.92 Å². The molecule has 4 nitrogen and oxygen atoms in total. The minimum atomic E-state index is -0.433. The van der Waals surface area contributed by atoms with Crippen molar-refractivity contribution < 1.29 is 19.1 Å². The predicted octanol–water partition coefficient (Wildman–Crippen LogP) is 3.75. The summed E-state index contributed by atoms with van der Waals surface area (Å²) in [5.41, 5.74) is 0.861. The van der Waals surface area contributed by atoms with Gasteiger partial charge in [-0.3, -0.25) is 0 Å². The van der Waals surface area contributed by atoms with Gasteiger partial charge in [0.2, 0.25) is 0 Å². The molecule has 120 valence electrons. The summed E-state index contributed by atoms with van der Waals surface area (Å²) in [6, 6.07) is 13.3. The fourth-order valence-electron chi connectivity index (χ4n) is 2.01. The standard InChI is InChI=1S/C19H20O4/c1-13(2)18(20)22-11-14(3)12-23-19(21)17-9-8-15-6-4-5-7-16(15)10-17/h4-10,14H,1,11-12H2,2-3H3. The molecule has 23 heavy (non-hydrogen) atoms. The van der Waals surface area contributed by atoms with Crippen LogP contribution in [-0.4, -0.2) is 25.2 Å². The molecule has 0 radical (unpaired) electrons. The SMILES string of the molecule is C=C(C)C(=O)OCC(C)COC(=O)c1ccc2ccccc2c1. The quantitative estimate of drug-likeness (QED) is 0.602. The van der Waals surface area contributed by atoms with E-state index in [1.807, 2.05) is 43.3 Å². The molecule has 2 aromatic rings. The van der Waals surface area contributed by atoms with Crippen molar-refractivity contribution in [2.24, 2.45) is 5.92 Å². The van der Waals surface area contributed by atoms with Crippen molar-refractivity contribution in [2.45, 2.75) is 13.8 Å². The molecule has 0 aliphatic heterocycles. The van der Waals surface area contributed by atoms with Crippen molar-refractivity contribution >= 4 is 22.7 Å². The molecule has 0 fully saturated rings. The lowest BCUT2D eigenvalue weighted by atomic mass is 10.1. The molecule has 0 aliphatic rings. The Kier molecular flexibility index (Phi) is 5.52. The van der Waals surface area contributed by atoms with Gasteiger partial charge in [0.05, 0.1) is 18.8 Å². The van der Waals surface area contributed by atoms with E-state index >= 15 is 0 Å². The molecule has 2 rings (SSSR count). The molecule has 1 unspecified atom stereocenters. The lowest BCUT2D eigenvalue weighted by molar-refractivity contribution is -0.140. The van der Waals surface area contributed by atoms with Crippen LogP contribution in [0.3, 0.4) is 0 Å². The van der Waals surface area contributed by atoms with Crippen LogP contribution >= 0.6 is 0 Å². The molecule has 0 N–H and O–H groups in total. The number of rotatable bonds is 6. The fraction of sp³-hybridized carbons (Fsp3) is 0.263. The van der Waals surface area contributed by atoms with E-state index in [4.69, 9.17) is 9.47 Å².